The van der Waals surface area contributed by atoms with Crippen molar-refractivity contribution in [3.8, 4) is 0 Å². The number of aromatic nitrogens is 4. The van der Waals surface area contributed by atoms with Crippen molar-refractivity contribution in [1.82, 2.24) is 18.7 Å². The van der Waals surface area contributed by atoms with Gasteiger partial charge >= 0.3 is 11.7 Å². The van der Waals surface area contributed by atoms with E-state index >= 15 is 0 Å². The Bertz CT molecular complexity index is 1310. The van der Waals surface area contributed by atoms with E-state index < -0.39 is 23.1 Å². The van der Waals surface area contributed by atoms with Crippen molar-refractivity contribution in [2.24, 2.45) is 14.1 Å². The van der Waals surface area contributed by atoms with Crippen LogP contribution in [0.25, 0.3) is 11.2 Å². The number of esters is 1. The minimum absolute atomic E-state index is 0.136. The summed E-state index contributed by atoms with van der Waals surface area (Å²) in [7, 11) is 4.14. The van der Waals surface area contributed by atoms with Crippen LogP contribution < -0.4 is 16.6 Å². The van der Waals surface area contributed by atoms with Crippen LogP contribution in [0.4, 0.5) is 5.69 Å². The highest BCUT2D eigenvalue weighted by Gasteiger charge is 2.25. The van der Waals surface area contributed by atoms with E-state index in [0.29, 0.717) is 5.69 Å². The van der Waals surface area contributed by atoms with Gasteiger partial charge in [0.15, 0.2) is 11.2 Å². The van der Waals surface area contributed by atoms with Crippen LogP contribution in [0, 0.1) is 0 Å². The van der Waals surface area contributed by atoms with E-state index in [2.05, 4.69) is 10.3 Å². The maximum Gasteiger partial charge on any atom is 0.339 e. The van der Waals surface area contributed by atoms with Crippen molar-refractivity contribution in [1.29, 1.82) is 0 Å². The second-order valence-corrected chi connectivity index (χ2v) is 8.27. The highest BCUT2D eigenvalue weighted by molar-refractivity contribution is 6.02. The summed E-state index contributed by atoms with van der Waals surface area (Å²) in [5.74, 6) is -1.03. The molecule has 0 fully saturated rings. The van der Waals surface area contributed by atoms with Gasteiger partial charge in [-0.2, -0.15) is 0 Å². The summed E-state index contributed by atoms with van der Waals surface area (Å²) >= 11 is 0. The number of rotatable bonds is 4. The first kappa shape index (κ1) is 22.0. The Hall–Kier alpha value is -3.69. The van der Waals surface area contributed by atoms with Crippen molar-refractivity contribution in [3.63, 3.8) is 0 Å². The highest BCUT2D eigenvalue weighted by Crippen LogP contribution is 2.32. The van der Waals surface area contributed by atoms with E-state index in [1.165, 1.54) is 36.7 Å². The van der Waals surface area contributed by atoms with Crippen LogP contribution in [0.2, 0.25) is 0 Å². The summed E-state index contributed by atoms with van der Waals surface area (Å²) in [6, 6.07) is 5.14. The van der Waals surface area contributed by atoms with Gasteiger partial charge in [0.2, 0.25) is 5.91 Å². The molecule has 31 heavy (non-hydrogen) atoms. The zero-order chi connectivity index (χ0) is 23.1. The third-order valence-corrected chi connectivity index (χ3v) is 5.07. The fraction of sp³-hybridized carbons (Fsp3) is 0.381. The number of fused-ring (bicyclic) bond motifs is 1. The average molecular weight is 427 g/mol. The number of carbonyl (C=O) groups is 2. The van der Waals surface area contributed by atoms with Crippen LogP contribution >= 0.6 is 0 Å². The lowest BCUT2D eigenvalue weighted by Gasteiger charge is -2.24. The zero-order valence-corrected chi connectivity index (χ0v) is 18.3. The van der Waals surface area contributed by atoms with E-state index in [-0.39, 0.29) is 28.7 Å². The second-order valence-electron chi connectivity index (χ2n) is 8.27. The molecule has 1 N–H and O–H groups in total. The number of nitrogens with zero attached hydrogens (tertiary/aromatic N) is 4. The Kier molecular flexibility index (Phi) is 5.58. The fourth-order valence-electron chi connectivity index (χ4n) is 3.44. The van der Waals surface area contributed by atoms with Gasteiger partial charge in [-0.3, -0.25) is 18.7 Å². The number of ether oxygens (including phenoxy) is 1. The number of methoxy groups -OCH3 is 1. The average Bonchev–Trinajstić information content (AvgIpc) is 3.12. The quantitative estimate of drug-likeness (QED) is 0.625. The maximum absolute atomic E-state index is 12.9. The molecule has 1 amide bonds. The van der Waals surface area contributed by atoms with Crippen molar-refractivity contribution in [2.45, 2.75) is 32.7 Å². The first-order valence-electron chi connectivity index (χ1n) is 9.60. The molecule has 0 aliphatic rings. The number of imidazole rings is 1. The molecule has 0 atom stereocenters. The molecule has 3 aromatic rings. The number of aryl methyl sites for hydroxylation is 1. The number of hydrogen-bond donors (Lipinski definition) is 1. The number of amides is 1. The predicted octanol–water partition coefficient (Wildman–Crippen LogP) is 1.16. The van der Waals surface area contributed by atoms with E-state index in [1.807, 2.05) is 26.8 Å². The number of hydrogen-bond acceptors (Lipinski definition) is 6. The largest absolute Gasteiger partial charge is 0.465 e. The van der Waals surface area contributed by atoms with Crippen LogP contribution in [0.15, 0.2) is 34.1 Å². The second kappa shape index (κ2) is 7.86. The topological polar surface area (TPSA) is 117 Å². The van der Waals surface area contributed by atoms with Crippen molar-refractivity contribution in [3.05, 3.63) is 56.5 Å². The van der Waals surface area contributed by atoms with Crippen LogP contribution in [0.5, 0.6) is 0 Å². The molecule has 0 spiro atoms. The monoisotopic (exact) mass is 427 g/mol. The van der Waals surface area contributed by atoms with Crippen LogP contribution in [-0.4, -0.2) is 37.7 Å². The molecule has 0 saturated carbocycles. The molecule has 1 aromatic carbocycles. The summed E-state index contributed by atoms with van der Waals surface area (Å²) < 4.78 is 8.45. The van der Waals surface area contributed by atoms with E-state index in [9.17, 15) is 19.2 Å². The SMILES string of the molecule is COC(=O)c1cccc(C(C)(C)C)c1NC(=O)Cn1cnc2c1c(=O)n(C)c(=O)n2C. The third kappa shape index (κ3) is 3.88. The van der Waals surface area contributed by atoms with Gasteiger partial charge in [0.1, 0.15) is 6.54 Å². The Balaban J connectivity index is 2.04. The van der Waals surface area contributed by atoms with Crippen LogP contribution in [0.1, 0.15) is 36.7 Å². The summed E-state index contributed by atoms with van der Waals surface area (Å²) in [5, 5.41) is 2.80. The molecule has 0 radical (unpaired) electrons. The number of carbonyl (C=O) groups excluding carboxylic acids is 2. The molecule has 164 valence electrons. The Morgan fingerprint density at radius 2 is 1.81 bits per heavy atom. The summed E-state index contributed by atoms with van der Waals surface area (Å²) in [5.41, 5.74) is 0.264. The molecule has 2 heterocycles. The van der Waals surface area contributed by atoms with E-state index in [0.717, 1.165) is 10.1 Å². The molecule has 0 aliphatic heterocycles. The maximum atomic E-state index is 12.9. The minimum atomic E-state index is -0.571. The Morgan fingerprint density at radius 1 is 1.13 bits per heavy atom. The molecular weight excluding hydrogens is 402 g/mol. The lowest BCUT2D eigenvalue weighted by atomic mass is 9.84. The highest BCUT2D eigenvalue weighted by atomic mass is 16.5. The van der Waals surface area contributed by atoms with Crippen LogP contribution in [0.3, 0.4) is 0 Å². The Labute approximate surface area is 178 Å². The van der Waals surface area contributed by atoms with Gasteiger partial charge in [0.25, 0.3) is 5.56 Å². The molecule has 10 nitrogen and oxygen atoms in total. The fourth-order valence-corrected chi connectivity index (χ4v) is 3.44. The smallest absolute Gasteiger partial charge is 0.339 e. The van der Waals surface area contributed by atoms with Gasteiger partial charge in [0.05, 0.1) is 24.7 Å². The lowest BCUT2D eigenvalue weighted by Crippen LogP contribution is -2.37. The molecule has 0 unspecified atom stereocenters. The molecular formula is C21H25N5O5. The molecule has 3 rings (SSSR count). The van der Waals surface area contributed by atoms with Crippen LogP contribution in [-0.2, 0) is 35.6 Å². The van der Waals surface area contributed by atoms with Gasteiger partial charge in [-0.05, 0) is 17.0 Å². The Morgan fingerprint density at radius 3 is 2.42 bits per heavy atom. The van der Waals surface area contributed by atoms with Crippen molar-refractivity contribution < 1.29 is 14.3 Å². The minimum Gasteiger partial charge on any atom is -0.465 e. The van der Waals surface area contributed by atoms with Crippen molar-refractivity contribution in [2.75, 3.05) is 12.4 Å². The molecule has 10 heteroatoms. The third-order valence-electron chi connectivity index (χ3n) is 5.07. The number of benzene rings is 1. The number of nitrogens with one attached hydrogen (secondary N) is 1. The number of para-hydroxylation sites is 1. The van der Waals surface area contributed by atoms with Gasteiger partial charge < -0.3 is 14.6 Å². The van der Waals surface area contributed by atoms with E-state index in [1.54, 1.807) is 12.1 Å². The van der Waals surface area contributed by atoms with Crippen molar-refractivity contribution >= 4 is 28.7 Å². The number of anilines is 1. The predicted molar refractivity (Wildman–Crippen MR) is 115 cm³/mol. The standard InChI is InChI=1S/C21H25N5O5/c1-21(2,3)13-9-7-8-12(19(29)31-6)15(13)23-14(27)10-26-11-22-17-16(26)18(28)25(5)20(30)24(17)4/h7-9,11H,10H2,1-6H3,(H,23,27). The summed E-state index contributed by atoms with van der Waals surface area (Å²) in [6.45, 7) is 5.66. The lowest BCUT2D eigenvalue weighted by molar-refractivity contribution is -0.116. The van der Waals surface area contributed by atoms with Gasteiger partial charge in [-0.15, -0.1) is 0 Å². The molecule has 2 aromatic heterocycles. The molecule has 0 saturated heterocycles. The first-order valence-corrected chi connectivity index (χ1v) is 9.60. The van der Waals surface area contributed by atoms with Gasteiger partial charge in [0, 0.05) is 14.1 Å². The molecule has 0 aliphatic carbocycles. The first-order chi connectivity index (χ1) is 14.5. The zero-order valence-electron chi connectivity index (χ0n) is 18.3. The van der Waals surface area contributed by atoms with E-state index in [4.69, 9.17) is 4.74 Å². The summed E-state index contributed by atoms with van der Waals surface area (Å²) in [6.07, 6.45) is 1.34. The normalized spacial score (nSPS) is 11.5. The van der Waals surface area contributed by atoms with Gasteiger partial charge in [-0.25, -0.2) is 14.6 Å². The van der Waals surface area contributed by atoms with Gasteiger partial charge in [-0.1, -0.05) is 32.9 Å². The molecule has 0 bridgehead atoms. The summed E-state index contributed by atoms with van der Waals surface area (Å²) in [4.78, 5) is 54.0.